The minimum Gasteiger partial charge on any atom is -0.493 e. The van der Waals surface area contributed by atoms with E-state index in [1.54, 1.807) is 6.07 Å². The Labute approximate surface area is 77.5 Å². The summed E-state index contributed by atoms with van der Waals surface area (Å²) in [5, 5.41) is 0. The van der Waals surface area contributed by atoms with Gasteiger partial charge in [0.15, 0.2) is 0 Å². The minimum absolute atomic E-state index is 0.339. The predicted octanol–water partition coefficient (Wildman–Crippen LogP) is 2.32. The molecule has 0 aliphatic heterocycles. The summed E-state index contributed by atoms with van der Waals surface area (Å²) in [7, 11) is 0. The van der Waals surface area contributed by atoms with E-state index < -0.39 is 0 Å². The maximum absolute atomic E-state index is 11.8. The zero-order valence-corrected chi connectivity index (χ0v) is 7.72. The first kappa shape index (κ1) is 9.84. The maximum Gasteiger partial charge on any atom is 0.122 e. The summed E-state index contributed by atoms with van der Waals surface area (Å²) in [4.78, 5) is 0. The van der Waals surface area contributed by atoms with Crippen LogP contribution >= 0.6 is 0 Å². The van der Waals surface area contributed by atoms with Crippen molar-refractivity contribution in [3.05, 3.63) is 23.8 Å². The first-order valence-electron chi connectivity index (χ1n) is 4.29. The van der Waals surface area contributed by atoms with E-state index in [-0.39, 0.29) is 6.67 Å². The highest BCUT2D eigenvalue weighted by molar-refractivity contribution is 5.47. The topological polar surface area (TPSA) is 35.2 Å². The van der Waals surface area contributed by atoms with Crippen molar-refractivity contribution in [1.82, 2.24) is 0 Å². The van der Waals surface area contributed by atoms with Crippen LogP contribution in [0, 0.1) is 6.92 Å². The van der Waals surface area contributed by atoms with Crippen LogP contribution in [0.15, 0.2) is 18.2 Å². The Bertz CT molecular complexity index is 276. The van der Waals surface area contributed by atoms with Gasteiger partial charge in [0.25, 0.3) is 0 Å². The molecule has 0 spiro atoms. The average molecular weight is 183 g/mol. The standard InChI is InChI=1S/C10H14FNO/c1-8-7-9(12)3-4-10(8)13-6-2-5-11/h3-4,7H,2,5-6,12H2,1H3. The Morgan fingerprint density at radius 1 is 1.46 bits per heavy atom. The number of ether oxygens (including phenoxy) is 1. The van der Waals surface area contributed by atoms with Crippen molar-refractivity contribution in [2.45, 2.75) is 13.3 Å². The zero-order chi connectivity index (χ0) is 9.68. The van der Waals surface area contributed by atoms with Gasteiger partial charge in [-0.05, 0) is 30.7 Å². The largest absolute Gasteiger partial charge is 0.493 e. The van der Waals surface area contributed by atoms with Crippen LogP contribution in [-0.4, -0.2) is 13.3 Å². The van der Waals surface area contributed by atoms with Crippen molar-refractivity contribution >= 4 is 5.69 Å². The van der Waals surface area contributed by atoms with Gasteiger partial charge < -0.3 is 10.5 Å². The molecule has 0 saturated carbocycles. The number of halogens is 1. The summed E-state index contributed by atoms with van der Waals surface area (Å²) in [5.41, 5.74) is 7.27. The first-order chi connectivity index (χ1) is 6.24. The molecule has 2 nitrogen and oxygen atoms in total. The van der Waals surface area contributed by atoms with Crippen LogP contribution in [0.25, 0.3) is 0 Å². The molecule has 0 amide bonds. The Kier molecular flexibility index (Phi) is 3.55. The van der Waals surface area contributed by atoms with Crippen molar-refractivity contribution in [3.8, 4) is 5.75 Å². The fourth-order valence-corrected chi connectivity index (χ4v) is 1.07. The fraction of sp³-hybridized carbons (Fsp3) is 0.400. The van der Waals surface area contributed by atoms with Crippen molar-refractivity contribution in [3.63, 3.8) is 0 Å². The van der Waals surface area contributed by atoms with E-state index >= 15 is 0 Å². The number of rotatable bonds is 4. The quantitative estimate of drug-likeness (QED) is 0.574. The third kappa shape index (κ3) is 2.93. The monoisotopic (exact) mass is 183 g/mol. The molecule has 0 atom stereocenters. The third-order valence-corrected chi connectivity index (χ3v) is 1.73. The Balaban J connectivity index is 2.56. The van der Waals surface area contributed by atoms with Gasteiger partial charge >= 0.3 is 0 Å². The molecular formula is C10H14FNO. The van der Waals surface area contributed by atoms with E-state index in [0.29, 0.717) is 13.0 Å². The lowest BCUT2D eigenvalue weighted by Crippen LogP contribution is -1.99. The SMILES string of the molecule is Cc1cc(N)ccc1OCCCF. The summed E-state index contributed by atoms with van der Waals surface area (Å²) in [6, 6.07) is 5.42. The van der Waals surface area contributed by atoms with E-state index in [4.69, 9.17) is 10.5 Å². The normalized spacial score (nSPS) is 10.0. The van der Waals surface area contributed by atoms with E-state index in [2.05, 4.69) is 0 Å². The lowest BCUT2D eigenvalue weighted by atomic mass is 10.2. The van der Waals surface area contributed by atoms with Gasteiger partial charge in [-0.3, -0.25) is 4.39 Å². The number of anilines is 1. The van der Waals surface area contributed by atoms with Gasteiger partial charge in [-0.25, -0.2) is 0 Å². The van der Waals surface area contributed by atoms with Gasteiger partial charge in [0.2, 0.25) is 0 Å². The highest BCUT2D eigenvalue weighted by Gasteiger charge is 1.98. The predicted molar refractivity (Wildman–Crippen MR) is 51.7 cm³/mol. The van der Waals surface area contributed by atoms with Gasteiger partial charge in [-0.1, -0.05) is 0 Å². The number of nitrogen functional groups attached to an aromatic ring is 1. The second-order valence-electron chi connectivity index (χ2n) is 2.92. The molecule has 0 aliphatic rings. The van der Waals surface area contributed by atoms with E-state index in [0.717, 1.165) is 17.0 Å². The molecule has 0 heterocycles. The molecule has 0 saturated heterocycles. The summed E-state index contributed by atoms with van der Waals surface area (Å²) < 4.78 is 17.1. The average Bonchev–Trinajstić information content (AvgIpc) is 2.09. The number of hydrogen-bond donors (Lipinski definition) is 1. The summed E-state index contributed by atoms with van der Waals surface area (Å²) in [6.45, 7) is 2.00. The van der Waals surface area contributed by atoms with Crippen LogP contribution in [0.5, 0.6) is 5.75 Å². The Morgan fingerprint density at radius 2 is 2.23 bits per heavy atom. The lowest BCUT2D eigenvalue weighted by Gasteiger charge is -2.08. The van der Waals surface area contributed by atoms with Gasteiger partial charge in [0.1, 0.15) is 5.75 Å². The van der Waals surface area contributed by atoms with E-state index in [9.17, 15) is 4.39 Å². The molecule has 1 aromatic carbocycles. The van der Waals surface area contributed by atoms with Crippen LogP contribution in [0.3, 0.4) is 0 Å². The second kappa shape index (κ2) is 4.70. The molecule has 2 N–H and O–H groups in total. The van der Waals surface area contributed by atoms with Crippen LogP contribution in [0.4, 0.5) is 10.1 Å². The molecule has 0 aliphatic carbocycles. The molecule has 0 radical (unpaired) electrons. The van der Waals surface area contributed by atoms with Crippen LogP contribution in [0.2, 0.25) is 0 Å². The highest BCUT2D eigenvalue weighted by atomic mass is 19.1. The Morgan fingerprint density at radius 3 is 2.85 bits per heavy atom. The molecule has 1 rings (SSSR count). The van der Waals surface area contributed by atoms with Crippen molar-refractivity contribution in [1.29, 1.82) is 0 Å². The fourth-order valence-electron chi connectivity index (χ4n) is 1.07. The summed E-state index contributed by atoms with van der Waals surface area (Å²) in [6.07, 6.45) is 0.434. The minimum atomic E-state index is -0.339. The van der Waals surface area contributed by atoms with Gasteiger partial charge in [-0.15, -0.1) is 0 Å². The molecule has 0 bridgehead atoms. The van der Waals surface area contributed by atoms with Crippen molar-refractivity contribution < 1.29 is 9.13 Å². The molecule has 0 unspecified atom stereocenters. The maximum atomic E-state index is 11.8. The molecule has 0 fully saturated rings. The number of hydrogen-bond acceptors (Lipinski definition) is 2. The Hall–Kier alpha value is -1.25. The molecule has 13 heavy (non-hydrogen) atoms. The first-order valence-corrected chi connectivity index (χ1v) is 4.29. The number of alkyl halides is 1. The van der Waals surface area contributed by atoms with Crippen molar-refractivity contribution in [2.75, 3.05) is 19.0 Å². The molecule has 1 aromatic rings. The summed E-state index contributed by atoms with van der Waals surface area (Å²) in [5.74, 6) is 0.780. The van der Waals surface area contributed by atoms with Gasteiger partial charge in [0, 0.05) is 12.1 Å². The molecule has 72 valence electrons. The number of benzene rings is 1. The number of nitrogens with two attached hydrogens (primary N) is 1. The molecule has 3 heteroatoms. The van der Waals surface area contributed by atoms with Crippen LogP contribution in [0.1, 0.15) is 12.0 Å². The second-order valence-corrected chi connectivity index (χ2v) is 2.92. The van der Waals surface area contributed by atoms with Gasteiger partial charge in [0.05, 0.1) is 13.3 Å². The van der Waals surface area contributed by atoms with Gasteiger partial charge in [-0.2, -0.15) is 0 Å². The zero-order valence-electron chi connectivity index (χ0n) is 7.72. The van der Waals surface area contributed by atoms with E-state index in [1.165, 1.54) is 0 Å². The van der Waals surface area contributed by atoms with Crippen LogP contribution in [-0.2, 0) is 0 Å². The summed E-state index contributed by atoms with van der Waals surface area (Å²) >= 11 is 0. The lowest BCUT2D eigenvalue weighted by molar-refractivity contribution is 0.288. The van der Waals surface area contributed by atoms with Crippen LogP contribution < -0.4 is 10.5 Å². The third-order valence-electron chi connectivity index (χ3n) is 1.73. The highest BCUT2D eigenvalue weighted by Crippen LogP contribution is 2.20. The smallest absolute Gasteiger partial charge is 0.122 e. The van der Waals surface area contributed by atoms with Crippen molar-refractivity contribution in [2.24, 2.45) is 0 Å². The molecular weight excluding hydrogens is 169 g/mol. The van der Waals surface area contributed by atoms with E-state index in [1.807, 2.05) is 19.1 Å². The molecule has 0 aromatic heterocycles. The number of aryl methyl sites for hydroxylation is 1.